The van der Waals surface area contributed by atoms with Gasteiger partial charge in [0.25, 0.3) is 0 Å². The van der Waals surface area contributed by atoms with Crippen LogP contribution in [-0.2, 0) is 6.42 Å². The van der Waals surface area contributed by atoms with Crippen molar-refractivity contribution in [1.29, 1.82) is 0 Å². The van der Waals surface area contributed by atoms with Crippen molar-refractivity contribution >= 4 is 11.6 Å². The third-order valence-corrected chi connectivity index (χ3v) is 5.39. The Hall–Kier alpha value is -2.89. The van der Waals surface area contributed by atoms with Gasteiger partial charge in [0.1, 0.15) is 17.6 Å². The summed E-state index contributed by atoms with van der Waals surface area (Å²) in [6.45, 7) is 2.65. The molecule has 2 aliphatic heterocycles. The van der Waals surface area contributed by atoms with E-state index in [1.54, 1.807) is 7.11 Å². The number of hydrogen-bond donors (Lipinski definition) is 2. The van der Waals surface area contributed by atoms with Crippen LogP contribution in [0.25, 0.3) is 0 Å². The highest BCUT2D eigenvalue weighted by atomic mass is 16.5. The molecule has 0 spiro atoms. The summed E-state index contributed by atoms with van der Waals surface area (Å²) in [5.74, 6) is 2.75. The third kappa shape index (κ3) is 4.01. The first-order valence-corrected chi connectivity index (χ1v) is 9.86. The molecule has 6 heteroatoms. The summed E-state index contributed by atoms with van der Waals surface area (Å²) >= 11 is 0. The minimum Gasteiger partial charge on any atom is -0.495 e. The highest BCUT2D eigenvalue weighted by Crippen LogP contribution is 2.30. The van der Waals surface area contributed by atoms with E-state index < -0.39 is 0 Å². The van der Waals surface area contributed by atoms with E-state index in [0.717, 1.165) is 55.6 Å². The number of anilines is 1. The standard InChI is InChI=1S/C22H28N4O2/c1-23-22(24-14-18-13-16-7-3-5-9-20(16)28-18)25-17-11-12-26(15-17)19-8-4-6-10-21(19)27-2/h3-10,17-18H,11-15H2,1-2H3,(H2,23,24,25). The highest BCUT2D eigenvalue weighted by molar-refractivity contribution is 5.80. The van der Waals surface area contributed by atoms with Crippen molar-refractivity contribution in [2.45, 2.75) is 25.0 Å². The molecule has 0 aromatic heterocycles. The van der Waals surface area contributed by atoms with Gasteiger partial charge in [-0.3, -0.25) is 4.99 Å². The minimum atomic E-state index is 0.143. The van der Waals surface area contributed by atoms with Gasteiger partial charge in [0.05, 0.1) is 19.3 Å². The molecule has 1 saturated heterocycles. The number of methoxy groups -OCH3 is 1. The lowest BCUT2D eigenvalue weighted by Gasteiger charge is -2.22. The molecule has 2 aromatic carbocycles. The zero-order valence-electron chi connectivity index (χ0n) is 16.5. The Bertz CT molecular complexity index is 814. The second-order valence-corrected chi connectivity index (χ2v) is 7.25. The van der Waals surface area contributed by atoms with E-state index in [1.807, 2.05) is 31.3 Å². The number of para-hydroxylation sites is 3. The molecule has 0 saturated carbocycles. The van der Waals surface area contributed by atoms with Crippen molar-refractivity contribution in [2.24, 2.45) is 4.99 Å². The van der Waals surface area contributed by atoms with Crippen LogP contribution in [0.5, 0.6) is 11.5 Å². The van der Waals surface area contributed by atoms with E-state index >= 15 is 0 Å². The van der Waals surface area contributed by atoms with Crippen molar-refractivity contribution in [3.63, 3.8) is 0 Å². The van der Waals surface area contributed by atoms with Crippen molar-refractivity contribution < 1.29 is 9.47 Å². The van der Waals surface area contributed by atoms with Crippen molar-refractivity contribution in [3.05, 3.63) is 54.1 Å². The van der Waals surface area contributed by atoms with Gasteiger partial charge < -0.3 is 25.0 Å². The molecule has 6 nitrogen and oxygen atoms in total. The van der Waals surface area contributed by atoms with Gasteiger partial charge in [-0.05, 0) is 30.2 Å². The van der Waals surface area contributed by atoms with E-state index in [9.17, 15) is 0 Å². The maximum atomic E-state index is 6.00. The molecular formula is C22H28N4O2. The first-order valence-electron chi connectivity index (χ1n) is 9.86. The molecule has 148 valence electrons. The number of ether oxygens (including phenoxy) is 2. The number of aliphatic imine (C=N–C) groups is 1. The normalized spacial score (nSPS) is 21.2. The summed E-state index contributed by atoms with van der Waals surface area (Å²) < 4.78 is 11.5. The highest BCUT2D eigenvalue weighted by Gasteiger charge is 2.26. The minimum absolute atomic E-state index is 0.143. The van der Waals surface area contributed by atoms with Crippen LogP contribution in [0.4, 0.5) is 5.69 Å². The van der Waals surface area contributed by atoms with E-state index in [1.165, 1.54) is 5.56 Å². The molecule has 0 bridgehead atoms. The van der Waals surface area contributed by atoms with Crippen LogP contribution in [0.3, 0.4) is 0 Å². The number of rotatable bonds is 5. The fraction of sp³-hybridized carbons (Fsp3) is 0.409. The van der Waals surface area contributed by atoms with Crippen LogP contribution in [0.15, 0.2) is 53.5 Å². The second kappa shape index (κ2) is 8.42. The van der Waals surface area contributed by atoms with Crippen LogP contribution < -0.4 is 25.0 Å². The summed E-state index contributed by atoms with van der Waals surface area (Å²) in [6, 6.07) is 16.8. The zero-order valence-corrected chi connectivity index (χ0v) is 16.5. The van der Waals surface area contributed by atoms with Gasteiger partial charge in [-0.25, -0.2) is 0 Å². The predicted octanol–water partition coefficient (Wildman–Crippen LogP) is 2.44. The maximum absolute atomic E-state index is 6.00. The fourth-order valence-electron chi connectivity index (χ4n) is 3.95. The third-order valence-electron chi connectivity index (χ3n) is 5.39. The Morgan fingerprint density at radius 1 is 1.21 bits per heavy atom. The van der Waals surface area contributed by atoms with Gasteiger partial charge in [0, 0.05) is 32.6 Å². The van der Waals surface area contributed by atoms with Gasteiger partial charge in [-0.2, -0.15) is 0 Å². The van der Waals surface area contributed by atoms with Gasteiger partial charge in [0.15, 0.2) is 5.96 Å². The number of nitrogens with one attached hydrogen (secondary N) is 2. The number of fused-ring (bicyclic) bond motifs is 1. The average Bonchev–Trinajstić information content (AvgIpc) is 3.37. The number of guanidine groups is 1. The molecule has 2 heterocycles. The van der Waals surface area contributed by atoms with Crippen molar-refractivity contribution in [3.8, 4) is 11.5 Å². The lowest BCUT2D eigenvalue weighted by molar-refractivity contribution is 0.234. The maximum Gasteiger partial charge on any atom is 0.191 e. The summed E-state index contributed by atoms with van der Waals surface area (Å²) in [5, 5.41) is 6.97. The molecular weight excluding hydrogens is 352 g/mol. The van der Waals surface area contributed by atoms with Gasteiger partial charge in [-0.1, -0.05) is 30.3 Å². The number of benzene rings is 2. The lowest BCUT2D eigenvalue weighted by Crippen LogP contribution is -2.47. The molecule has 0 aliphatic carbocycles. The van der Waals surface area contributed by atoms with Crippen LogP contribution in [0.1, 0.15) is 12.0 Å². The zero-order chi connectivity index (χ0) is 19.3. The largest absolute Gasteiger partial charge is 0.495 e. The molecule has 2 aromatic rings. The van der Waals surface area contributed by atoms with Gasteiger partial charge in [0.2, 0.25) is 0 Å². The van der Waals surface area contributed by atoms with Crippen molar-refractivity contribution in [1.82, 2.24) is 10.6 Å². The Balaban J connectivity index is 1.28. The van der Waals surface area contributed by atoms with E-state index in [2.05, 4.69) is 44.8 Å². The van der Waals surface area contributed by atoms with Crippen LogP contribution in [-0.4, -0.2) is 51.9 Å². The van der Waals surface area contributed by atoms with Crippen molar-refractivity contribution in [2.75, 3.05) is 38.7 Å². The molecule has 28 heavy (non-hydrogen) atoms. The Morgan fingerprint density at radius 2 is 2.04 bits per heavy atom. The Labute approximate surface area is 166 Å². The van der Waals surface area contributed by atoms with Crippen LogP contribution in [0, 0.1) is 0 Å². The SMILES string of the molecule is CN=C(NCC1Cc2ccccc2O1)NC1CCN(c2ccccc2OC)C1. The monoisotopic (exact) mass is 380 g/mol. The number of nitrogens with zero attached hydrogens (tertiary/aromatic N) is 2. The molecule has 2 atom stereocenters. The summed E-state index contributed by atoms with van der Waals surface area (Å²) in [7, 11) is 3.53. The van der Waals surface area contributed by atoms with Crippen LogP contribution >= 0.6 is 0 Å². The Morgan fingerprint density at radius 3 is 2.86 bits per heavy atom. The van der Waals surface area contributed by atoms with E-state index in [0.29, 0.717) is 6.04 Å². The first-order chi connectivity index (χ1) is 13.8. The lowest BCUT2D eigenvalue weighted by atomic mass is 10.1. The molecule has 2 N–H and O–H groups in total. The van der Waals surface area contributed by atoms with E-state index in [-0.39, 0.29) is 6.10 Å². The topological polar surface area (TPSA) is 58.1 Å². The molecule has 4 rings (SSSR count). The second-order valence-electron chi connectivity index (χ2n) is 7.25. The molecule has 2 aliphatic rings. The van der Waals surface area contributed by atoms with Gasteiger partial charge >= 0.3 is 0 Å². The number of hydrogen-bond acceptors (Lipinski definition) is 4. The van der Waals surface area contributed by atoms with Gasteiger partial charge in [-0.15, -0.1) is 0 Å². The average molecular weight is 380 g/mol. The first kappa shape index (κ1) is 18.5. The molecule has 2 unspecified atom stereocenters. The molecule has 1 fully saturated rings. The quantitative estimate of drug-likeness (QED) is 0.616. The van der Waals surface area contributed by atoms with Crippen LogP contribution in [0.2, 0.25) is 0 Å². The summed E-state index contributed by atoms with van der Waals surface area (Å²) in [5.41, 5.74) is 2.43. The summed E-state index contributed by atoms with van der Waals surface area (Å²) in [6.07, 6.45) is 2.14. The Kier molecular flexibility index (Phi) is 5.55. The molecule has 0 radical (unpaired) electrons. The molecule has 0 amide bonds. The fourth-order valence-corrected chi connectivity index (χ4v) is 3.95. The van der Waals surface area contributed by atoms with E-state index in [4.69, 9.17) is 9.47 Å². The summed E-state index contributed by atoms with van der Waals surface area (Å²) in [4.78, 5) is 6.75. The predicted molar refractivity (Wildman–Crippen MR) is 113 cm³/mol. The smallest absolute Gasteiger partial charge is 0.191 e.